The molecule has 1 N–H and O–H groups in total. The van der Waals surface area contributed by atoms with Crippen molar-refractivity contribution in [3.63, 3.8) is 0 Å². The number of rotatable bonds is 7. The third kappa shape index (κ3) is 5.58. The average molecular weight is 200 g/mol. The lowest BCUT2D eigenvalue weighted by molar-refractivity contribution is 0.0952. The molecule has 1 aliphatic heterocycles. The molecule has 0 aromatic heterocycles. The normalized spacial score (nSPS) is 18.6. The zero-order valence-electron chi connectivity index (χ0n) is 9.43. The third-order valence-corrected chi connectivity index (χ3v) is 2.72. The number of piperidine rings is 1. The van der Waals surface area contributed by atoms with Crippen LogP contribution in [0.25, 0.3) is 0 Å². The van der Waals surface area contributed by atoms with Crippen LogP contribution in [-0.2, 0) is 4.74 Å². The second-order valence-corrected chi connectivity index (χ2v) is 3.97. The van der Waals surface area contributed by atoms with Crippen molar-refractivity contribution in [3.8, 4) is 0 Å². The van der Waals surface area contributed by atoms with Crippen LogP contribution < -0.4 is 5.32 Å². The zero-order valence-corrected chi connectivity index (χ0v) is 9.43. The molecule has 0 aromatic carbocycles. The van der Waals surface area contributed by atoms with Gasteiger partial charge in [0.05, 0.1) is 6.61 Å². The van der Waals surface area contributed by atoms with E-state index in [2.05, 4.69) is 10.2 Å². The number of hydrogen-bond acceptors (Lipinski definition) is 3. The lowest BCUT2D eigenvalue weighted by Crippen LogP contribution is -2.32. The molecule has 0 saturated carbocycles. The third-order valence-electron chi connectivity index (χ3n) is 2.72. The molecule has 3 heteroatoms. The van der Waals surface area contributed by atoms with E-state index in [-0.39, 0.29) is 0 Å². The van der Waals surface area contributed by atoms with Crippen LogP contribution in [0, 0.1) is 0 Å². The Morgan fingerprint density at radius 3 is 2.64 bits per heavy atom. The zero-order chi connectivity index (χ0) is 10.1. The topological polar surface area (TPSA) is 24.5 Å². The lowest BCUT2D eigenvalue weighted by atomic mass is 10.1. The molecular formula is C11H24N2O. The number of likely N-dealkylation sites (tertiary alicyclic amines) is 1. The van der Waals surface area contributed by atoms with Crippen molar-refractivity contribution < 1.29 is 4.74 Å². The Morgan fingerprint density at radius 2 is 1.93 bits per heavy atom. The Hall–Kier alpha value is -0.120. The summed E-state index contributed by atoms with van der Waals surface area (Å²) in [6.45, 7) is 6.54. The van der Waals surface area contributed by atoms with Crippen molar-refractivity contribution in [2.24, 2.45) is 0 Å². The summed E-state index contributed by atoms with van der Waals surface area (Å²) in [5, 5.41) is 3.12. The Labute approximate surface area is 87.8 Å². The van der Waals surface area contributed by atoms with E-state index in [1.807, 2.05) is 7.05 Å². The molecule has 14 heavy (non-hydrogen) atoms. The van der Waals surface area contributed by atoms with Crippen LogP contribution in [0.4, 0.5) is 0 Å². The number of hydrogen-bond donors (Lipinski definition) is 1. The molecule has 1 saturated heterocycles. The predicted octanol–water partition coefficient (Wildman–Crippen LogP) is 1.10. The first-order valence-corrected chi connectivity index (χ1v) is 5.88. The maximum atomic E-state index is 5.56. The van der Waals surface area contributed by atoms with Crippen LogP contribution in [0.3, 0.4) is 0 Å². The Balaban J connectivity index is 1.82. The van der Waals surface area contributed by atoms with Crippen LogP contribution in [0.2, 0.25) is 0 Å². The van der Waals surface area contributed by atoms with Gasteiger partial charge in [-0.15, -0.1) is 0 Å². The van der Waals surface area contributed by atoms with Gasteiger partial charge in [0.2, 0.25) is 0 Å². The van der Waals surface area contributed by atoms with Crippen molar-refractivity contribution in [1.29, 1.82) is 0 Å². The minimum Gasteiger partial charge on any atom is -0.380 e. The Morgan fingerprint density at radius 1 is 1.14 bits per heavy atom. The maximum absolute atomic E-state index is 5.56. The lowest BCUT2D eigenvalue weighted by Gasteiger charge is -2.26. The first kappa shape index (κ1) is 12.0. The highest BCUT2D eigenvalue weighted by Crippen LogP contribution is 2.07. The molecule has 0 amide bonds. The molecular weight excluding hydrogens is 176 g/mol. The van der Waals surface area contributed by atoms with Crippen molar-refractivity contribution in [3.05, 3.63) is 0 Å². The number of ether oxygens (including phenoxy) is 1. The number of nitrogens with zero attached hydrogens (tertiary/aromatic N) is 1. The minimum absolute atomic E-state index is 0.898. The molecule has 1 fully saturated rings. The molecule has 84 valence electrons. The second-order valence-electron chi connectivity index (χ2n) is 3.97. The molecule has 0 aromatic rings. The van der Waals surface area contributed by atoms with Crippen LogP contribution in [0.15, 0.2) is 0 Å². The molecule has 0 bridgehead atoms. The predicted molar refractivity (Wildman–Crippen MR) is 59.7 cm³/mol. The average Bonchev–Trinajstić information content (AvgIpc) is 2.25. The molecule has 1 rings (SSSR count). The molecule has 0 unspecified atom stereocenters. The summed E-state index contributed by atoms with van der Waals surface area (Å²) in [6.07, 6.45) is 5.29. The largest absolute Gasteiger partial charge is 0.380 e. The fraction of sp³-hybridized carbons (Fsp3) is 1.00. The highest BCUT2D eigenvalue weighted by molar-refractivity contribution is 4.63. The van der Waals surface area contributed by atoms with Crippen LogP contribution in [-0.4, -0.2) is 51.3 Å². The summed E-state index contributed by atoms with van der Waals surface area (Å²) >= 11 is 0. The molecule has 1 heterocycles. The van der Waals surface area contributed by atoms with Crippen molar-refractivity contribution in [1.82, 2.24) is 10.2 Å². The first-order chi connectivity index (χ1) is 6.93. The summed E-state index contributed by atoms with van der Waals surface area (Å²) in [7, 11) is 1.98. The Kier molecular flexibility index (Phi) is 7.01. The van der Waals surface area contributed by atoms with E-state index >= 15 is 0 Å². The summed E-state index contributed by atoms with van der Waals surface area (Å²) in [6, 6.07) is 0. The molecule has 0 radical (unpaired) electrons. The maximum Gasteiger partial charge on any atom is 0.0593 e. The SMILES string of the molecule is CNCCCOCCN1CCCCC1. The summed E-state index contributed by atoms with van der Waals surface area (Å²) in [4.78, 5) is 2.52. The van der Waals surface area contributed by atoms with Crippen LogP contribution in [0.5, 0.6) is 0 Å². The van der Waals surface area contributed by atoms with E-state index < -0.39 is 0 Å². The van der Waals surface area contributed by atoms with E-state index in [9.17, 15) is 0 Å². The minimum atomic E-state index is 0.898. The fourth-order valence-electron chi connectivity index (χ4n) is 1.83. The van der Waals surface area contributed by atoms with Gasteiger partial charge in [0.1, 0.15) is 0 Å². The summed E-state index contributed by atoms with van der Waals surface area (Å²) in [5.41, 5.74) is 0. The van der Waals surface area contributed by atoms with E-state index in [0.717, 1.165) is 32.7 Å². The van der Waals surface area contributed by atoms with E-state index in [1.54, 1.807) is 0 Å². The van der Waals surface area contributed by atoms with E-state index in [4.69, 9.17) is 4.74 Å². The van der Waals surface area contributed by atoms with Crippen LogP contribution >= 0.6 is 0 Å². The van der Waals surface area contributed by atoms with Gasteiger partial charge in [0, 0.05) is 13.2 Å². The highest BCUT2D eigenvalue weighted by Gasteiger charge is 2.08. The van der Waals surface area contributed by atoms with Crippen molar-refractivity contribution >= 4 is 0 Å². The summed E-state index contributed by atoms with van der Waals surface area (Å²) in [5.74, 6) is 0. The van der Waals surface area contributed by atoms with E-state index in [0.29, 0.717) is 0 Å². The van der Waals surface area contributed by atoms with Gasteiger partial charge >= 0.3 is 0 Å². The Bertz CT molecular complexity index is 124. The molecule has 1 aliphatic rings. The van der Waals surface area contributed by atoms with Gasteiger partial charge in [-0.3, -0.25) is 0 Å². The van der Waals surface area contributed by atoms with Crippen LogP contribution in [0.1, 0.15) is 25.7 Å². The molecule has 0 atom stereocenters. The fourth-order valence-corrected chi connectivity index (χ4v) is 1.83. The van der Waals surface area contributed by atoms with Gasteiger partial charge in [-0.1, -0.05) is 6.42 Å². The monoisotopic (exact) mass is 200 g/mol. The second kappa shape index (κ2) is 8.21. The standard InChI is InChI=1S/C11H24N2O/c1-12-6-5-10-14-11-9-13-7-3-2-4-8-13/h12H,2-11H2,1H3. The van der Waals surface area contributed by atoms with E-state index in [1.165, 1.54) is 32.4 Å². The van der Waals surface area contributed by atoms with Gasteiger partial charge in [-0.05, 0) is 45.9 Å². The van der Waals surface area contributed by atoms with Crippen molar-refractivity contribution in [2.75, 3.05) is 46.4 Å². The van der Waals surface area contributed by atoms with Crippen molar-refractivity contribution in [2.45, 2.75) is 25.7 Å². The van der Waals surface area contributed by atoms with Gasteiger partial charge in [0.15, 0.2) is 0 Å². The summed E-state index contributed by atoms with van der Waals surface area (Å²) < 4.78 is 5.56. The van der Waals surface area contributed by atoms with Gasteiger partial charge in [0.25, 0.3) is 0 Å². The number of nitrogens with one attached hydrogen (secondary N) is 1. The van der Waals surface area contributed by atoms with Gasteiger partial charge in [-0.2, -0.15) is 0 Å². The quantitative estimate of drug-likeness (QED) is 0.623. The highest BCUT2D eigenvalue weighted by atomic mass is 16.5. The molecule has 0 aliphatic carbocycles. The molecule has 0 spiro atoms. The van der Waals surface area contributed by atoms with Gasteiger partial charge < -0.3 is 15.0 Å². The smallest absolute Gasteiger partial charge is 0.0593 e. The van der Waals surface area contributed by atoms with Gasteiger partial charge in [-0.25, -0.2) is 0 Å². The first-order valence-electron chi connectivity index (χ1n) is 5.88. The molecule has 3 nitrogen and oxygen atoms in total.